The minimum Gasteiger partial charge on any atom is -0.409 e. The lowest BCUT2D eigenvalue weighted by molar-refractivity contribution is 0.149. The molecule has 2 unspecified atom stereocenters. The summed E-state index contributed by atoms with van der Waals surface area (Å²) in [4.78, 5) is 4.06. The van der Waals surface area contributed by atoms with Gasteiger partial charge in [0, 0.05) is 37.7 Å². The summed E-state index contributed by atoms with van der Waals surface area (Å²) in [5, 5.41) is 4.58. The standard InChI is InChI=1S/C17H30Cl2N2O2Si/c1-6-24(7-2,8-3)23-16(11-21-13(4)12-22-5)17-14(18)9-20-10-15(17)19/h9-10,13,16,21H,6-8,11-12H2,1-5H3. The second-order valence-corrected chi connectivity index (χ2v) is 11.7. The van der Waals surface area contributed by atoms with Crippen molar-refractivity contribution in [2.75, 3.05) is 20.3 Å². The van der Waals surface area contributed by atoms with E-state index in [1.165, 1.54) is 0 Å². The largest absolute Gasteiger partial charge is 0.409 e. The summed E-state index contributed by atoms with van der Waals surface area (Å²) in [6.45, 7) is 10.0. The van der Waals surface area contributed by atoms with Gasteiger partial charge in [0.15, 0.2) is 8.32 Å². The number of nitrogens with one attached hydrogen (secondary N) is 1. The molecular formula is C17H30Cl2N2O2Si. The van der Waals surface area contributed by atoms with Crippen LogP contribution in [-0.2, 0) is 9.16 Å². The van der Waals surface area contributed by atoms with Crippen LogP contribution in [0.15, 0.2) is 12.4 Å². The van der Waals surface area contributed by atoms with E-state index in [4.69, 9.17) is 32.4 Å². The third-order valence-electron chi connectivity index (χ3n) is 4.61. The van der Waals surface area contributed by atoms with E-state index in [1.54, 1.807) is 19.5 Å². The molecule has 1 N–H and O–H groups in total. The normalized spacial score (nSPS) is 14.6. The Morgan fingerprint density at radius 2 is 1.67 bits per heavy atom. The number of nitrogens with zero attached hydrogens (tertiary/aromatic N) is 1. The lowest BCUT2D eigenvalue weighted by Crippen LogP contribution is -2.42. The third-order valence-corrected chi connectivity index (χ3v) is 9.86. The highest BCUT2D eigenvalue weighted by molar-refractivity contribution is 6.73. The van der Waals surface area contributed by atoms with Crippen LogP contribution in [0.2, 0.25) is 28.2 Å². The zero-order valence-electron chi connectivity index (χ0n) is 15.4. The minimum absolute atomic E-state index is 0.182. The molecule has 0 aliphatic heterocycles. The molecule has 0 spiro atoms. The molecule has 4 nitrogen and oxygen atoms in total. The molecule has 1 aromatic rings. The van der Waals surface area contributed by atoms with Gasteiger partial charge in [-0.05, 0) is 25.1 Å². The van der Waals surface area contributed by atoms with Crippen molar-refractivity contribution < 1.29 is 9.16 Å². The van der Waals surface area contributed by atoms with Crippen LogP contribution in [0.1, 0.15) is 39.4 Å². The zero-order chi connectivity index (χ0) is 18.2. The van der Waals surface area contributed by atoms with Crippen molar-refractivity contribution >= 4 is 31.5 Å². The fourth-order valence-corrected chi connectivity index (χ4v) is 6.26. The zero-order valence-corrected chi connectivity index (χ0v) is 17.9. The molecule has 0 radical (unpaired) electrons. The van der Waals surface area contributed by atoms with Gasteiger partial charge in [0.25, 0.3) is 0 Å². The Morgan fingerprint density at radius 3 is 2.12 bits per heavy atom. The highest BCUT2D eigenvalue weighted by Crippen LogP contribution is 2.36. The fraction of sp³-hybridized carbons (Fsp3) is 0.706. The van der Waals surface area contributed by atoms with Crippen molar-refractivity contribution in [3.05, 3.63) is 28.0 Å². The predicted molar refractivity (Wildman–Crippen MR) is 105 cm³/mol. The molecule has 0 bridgehead atoms. The van der Waals surface area contributed by atoms with Crippen LogP contribution in [-0.4, -0.2) is 39.6 Å². The second kappa shape index (κ2) is 10.7. The molecule has 0 saturated heterocycles. The molecule has 0 aromatic carbocycles. The van der Waals surface area contributed by atoms with Gasteiger partial charge in [0.1, 0.15) is 0 Å². The number of hydrogen-bond donors (Lipinski definition) is 1. The van der Waals surface area contributed by atoms with E-state index in [9.17, 15) is 0 Å². The Bertz CT molecular complexity index is 473. The average Bonchev–Trinajstić information content (AvgIpc) is 2.57. The number of ether oxygens (including phenoxy) is 1. The summed E-state index contributed by atoms with van der Waals surface area (Å²) >= 11 is 12.8. The van der Waals surface area contributed by atoms with E-state index in [2.05, 4.69) is 38.0 Å². The summed E-state index contributed by atoms with van der Waals surface area (Å²) in [5.41, 5.74) is 0.831. The Kier molecular flexibility index (Phi) is 9.78. The van der Waals surface area contributed by atoms with Gasteiger partial charge in [0.05, 0.1) is 22.8 Å². The van der Waals surface area contributed by atoms with Crippen LogP contribution in [0, 0.1) is 0 Å². The Hall–Kier alpha value is -0.173. The fourth-order valence-electron chi connectivity index (χ4n) is 2.85. The number of aromatic nitrogens is 1. The Morgan fingerprint density at radius 1 is 1.12 bits per heavy atom. The van der Waals surface area contributed by atoms with Gasteiger partial charge in [-0.3, -0.25) is 4.98 Å². The molecule has 1 aromatic heterocycles. The molecule has 2 atom stereocenters. The molecule has 0 aliphatic carbocycles. The third kappa shape index (κ3) is 5.97. The molecule has 1 rings (SSSR count). The van der Waals surface area contributed by atoms with Crippen molar-refractivity contribution in [1.29, 1.82) is 0 Å². The highest BCUT2D eigenvalue weighted by Gasteiger charge is 2.34. The van der Waals surface area contributed by atoms with Gasteiger partial charge in [-0.15, -0.1) is 0 Å². The number of pyridine rings is 1. The maximum Gasteiger partial charge on any atom is 0.192 e. The lowest BCUT2D eigenvalue weighted by atomic mass is 10.1. The smallest absolute Gasteiger partial charge is 0.192 e. The average molecular weight is 393 g/mol. The lowest BCUT2D eigenvalue weighted by Gasteiger charge is -2.34. The van der Waals surface area contributed by atoms with Crippen LogP contribution in [0.4, 0.5) is 0 Å². The van der Waals surface area contributed by atoms with Crippen LogP contribution in [0.3, 0.4) is 0 Å². The van der Waals surface area contributed by atoms with E-state index >= 15 is 0 Å². The molecule has 0 fully saturated rings. The molecule has 7 heteroatoms. The monoisotopic (exact) mass is 392 g/mol. The topological polar surface area (TPSA) is 43.4 Å². The molecule has 24 heavy (non-hydrogen) atoms. The molecule has 1 heterocycles. The van der Waals surface area contributed by atoms with E-state index in [-0.39, 0.29) is 12.1 Å². The number of halogens is 2. The molecular weight excluding hydrogens is 363 g/mol. The Balaban J connectivity index is 3.07. The van der Waals surface area contributed by atoms with E-state index in [1.807, 2.05) is 0 Å². The number of hydrogen-bond acceptors (Lipinski definition) is 4. The SMILES string of the molecule is CC[Si](CC)(CC)OC(CNC(C)COC)c1c(Cl)cncc1Cl. The van der Waals surface area contributed by atoms with Crippen molar-refractivity contribution in [3.8, 4) is 0 Å². The first-order valence-electron chi connectivity index (χ1n) is 8.62. The first-order valence-corrected chi connectivity index (χ1v) is 11.9. The maximum atomic E-state index is 6.70. The van der Waals surface area contributed by atoms with Crippen LogP contribution < -0.4 is 5.32 Å². The van der Waals surface area contributed by atoms with Crippen LogP contribution >= 0.6 is 23.2 Å². The van der Waals surface area contributed by atoms with Gasteiger partial charge in [0.2, 0.25) is 0 Å². The van der Waals surface area contributed by atoms with Gasteiger partial charge in [-0.2, -0.15) is 0 Å². The van der Waals surface area contributed by atoms with Crippen molar-refractivity contribution in [1.82, 2.24) is 10.3 Å². The van der Waals surface area contributed by atoms with Gasteiger partial charge >= 0.3 is 0 Å². The van der Waals surface area contributed by atoms with E-state index < -0.39 is 8.32 Å². The van der Waals surface area contributed by atoms with Crippen molar-refractivity contribution in [3.63, 3.8) is 0 Å². The summed E-state index contributed by atoms with van der Waals surface area (Å²) in [5.74, 6) is 0. The second-order valence-electron chi connectivity index (χ2n) is 6.13. The summed E-state index contributed by atoms with van der Waals surface area (Å²) < 4.78 is 11.9. The van der Waals surface area contributed by atoms with Gasteiger partial charge in [-0.25, -0.2) is 0 Å². The quantitative estimate of drug-likeness (QED) is 0.533. The first kappa shape index (κ1) is 21.9. The minimum atomic E-state index is -1.81. The molecule has 0 aliphatic rings. The maximum absolute atomic E-state index is 6.70. The van der Waals surface area contributed by atoms with E-state index in [0.717, 1.165) is 23.7 Å². The summed E-state index contributed by atoms with van der Waals surface area (Å²) in [6.07, 6.45) is 3.08. The molecule has 138 valence electrons. The predicted octanol–water partition coefficient (Wildman–Crippen LogP) is 5.08. The van der Waals surface area contributed by atoms with E-state index in [0.29, 0.717) is 23.2 Å². The Labute approximate surface area is 157 Å². The molecule has 0 amide bonds. The van der Waals surface area contributed by atoms with Crippen molar-refractivity contribution in [2.24, 2.45) is 0 Å². The van der Waals surface area contributed by atoms with Gasteiger partial charge in [-0.1, -0.05) is 44.0 Å². The summed E-state index contributed by atoms with van der Waals surface area (Å²) in [6, 6.07) is 3.45. The van der Waals surface area contributed by atoms with Crippen LogP contribution in [0.5, 0.6) is 0 Å². The van der Waals surface area contributed by atoms with Crippen LogP contribution in [0.25, 0.3) is 0 Å². The first-order chi connectivity index (χ1) is 11.4. The number of rotatable bonds is 11. The molecule has 0 saturated carbocycles. The highest BCUT2D eigenvalue weighted by atomic mass is 35.5. The van der Waals surface area contributed by atoms with Crippen molar-refractivity contribution in [2.45, 2.75) is 58.0 Å². The van der Waals surface area contributed by atoms with Gasteiger partial charge < -0.3 is 14.5 Å². The summed E-state index contributed by atoms with van der Waals surface area (Å²) in [7, 11) is -0.108. The number of methoxy groups -OCH3 is 1.